The summed E-state index contributed by atoms with van der Waals surface area (Å²) in [6.07, 6.45) is 0.818. The van der Waals surface area contributed by atoms with Crippen LogP contribution >= 0.6 is 27.5 Å². The van der Waals surface area contributed by atoms with Crippen LogP contribution < -0.4 is 10.5 Å². The summed E-state index contributed by atoms with van der Waals surface area (Å²) in [5, 5.41) is 8.03. The largest absolute Gasteiger partial charge is 0.350 e. The first kappa shape index (κ1) is 18.4. The van der Waals surface area contributed by atoms with Gasteiger partial charge in [0.15, 0.2) is 0 Å². The first-order valence-electron chi connectivity index (χ1n) is 6.35. The minimum absolute atomic E-state index is 0.0298. The van der Waals surface area contributed by atoms with Crippen molar-refractivity contribution in [1.29, 1.82) is 0 Å². The van der Waals surface area contributed by atoms with Gasteiger partial charge in [0.05, 0.1) is 14.4 Å². The lowest BCUT2D eigenvalue weighted by Gasteiger charge is -2.16. The van der Waals surface area contributed by atoms with Crippen LogP contribution in [0.5, 0.6) is 0 Å². The Kier molecular flexibility index (Phi) is 6.22. The molecule has 8 heteroatoms. The standard InChI is InChI=1S/C13H18BrClN2O3S/c1-7(2)4-8(3)17-13(18)9-5-10(15)12(14)11(6-9)21(16,19)20/h5-8H,4H2,1-3H3,(H,17,18)(H2,16,19,20). The summed E-state index contributed by atoms with van der Waals surface area (Å²) in [5.74, 6) is 0.0521. The zero-order chi connectivity index (χ0) is 16.4. The maximum Gasteiger partial charge on any atom is 0.251 e. The summed E-state index contributed by atoms with van der Waals surface area (Å²) in [5.41, 5.74) is 0.155. The van der Waals surface area contributed by atoms with Crippen molar-refractivity contribution in [2.24, 2.45) is 11.1 Å². The van der Waals surface area contributed by atoms with Crippen molar-refractivity contribution >= 4 is 43.5 Å². The van der Waals surface area contributed by atoms with E-state index in [9.17, 15) is 13.2 Å². The van der Waals surface area contributed by atoms with Crippen LogP contribution in [-0.2, 0) is 10.0 Å². The molecule has 0 aliphatic rings. The number of carbonyl (C=O) groups is 1. The van der Waals surface area contributed by atoms with Crippen molar-refractivity contribution in [2.75, 3.05) is 0 Å². The van der Waals surface area contributed by atoms with E-state index >= 15 is 0 Å². The van der Waals surface area contributed by atoms with Gasteiger partial charge in [0.25, 0.3) is 5.91 Å². The third-order valence-corrected chi connectivity index (χ3v) is 5.34. The molecule has 1 amide bonds. The Morgan fingerprint density at radius 1 is 1.38 bits per heavy atom. The van der Waals surface area contributed by atoms with Crippen LogP contribution in [0.15, 0.2) is 21.5 Å². The number of sulfonamides is 1. The van der Waals surface area contributed by atoms with E-state index in [1.807, 2.05) is 6.92 Å². The van der Waals surface area contributed by atoms with Crippen molar-refractivity contribution in [1.82, 2.24) is 5.32 Å². The Morgan fingerprint density at radius 2 is 1.95 bits per heavy atom. The summed E-state index contributed by atoms with van der Waals surface area (Å²) in [4.78, 5) is 11.9. The van der Waals surface area contributed by atoms with E-state index in [2.05, 4.69) is 35.1 Å². The zero-order valence-electron chi connectivity index (χ0n) is 12.0. The van der Waals surface area contributed by atoms with Crippen molar-refractivity contribution < 1.29 is 13.2 Å². The molecule has 0 spiro atoms. The Labute approximate surface area is 138 Å². The van der Waals surface area contributed by atoms with Gasteiger partial charge in [0, 0.05) is 11.6 Å². The van der Waals surface area contributed by atoms with Crippen LogP contribution in [0.2, 0.25) is 5.02 Å². The van der Waals surface area contributed by atoms with Crippen LogP contribution in [0.1, 0.15) is 37.6 Å². The number of amides is 1. The predicted octanol–water partition coefficient (Wildman–Crippen LogP) is 2.91. The number of nitrogens with two attached hydrogens (primary N) is 1. The minimum atomic E-state index is -3.97. The molecule has 0 radical (unpaired) electrons. The topological polar surface area (TPSA) is 89.3 Å². The summed E-state index contributed by atoms with van der Waals surface area (Å²) in [6, 6.07) is 2.58. The lowest BCUT2D eigenvalue weighted by atomic mass is 10.0. The Hall–Kier alpha value is -0.630. The smallest absolute Gasteiger partial charge is 0.251 e. The molecule has 21 heavy (non-hydrogen) atoms. The lowest BCUT2D eigenvalue weighted by Crippen LogP contribution is -2.33. The summed E-state index contributed by atoms with van der Waals surface area (Å²) in [7, 11) is -3.97. The van der Waals surface area contributed by atoms with E-state index in [4.69, 9.17) is 16.7 Å². The van der Waals surface area contributed by atoms with Gasteiger partial charge >= 0.3 is 0 Å². The SMILES string of the molecule is CC(C)CC(C)NC(=O)c1cc(Cl)c(Br)c(S(N)(=O)=O)c1. The Morgan fingerprint density at radius 3 is 2.43 bits per heavy atom. The lowest BCUT2D eigenvalue weighted by molar-refractivity contribution is 0.0936. The van der Waals surface area contributed by atoms with Crippen LogP contribution in [0.25, 0.3) is 0 Å². The van der Waals surface area contributed by atoms with Gasteiger partial charge in [0.1, 0.15) is 0 Å². The maximum absolute atomic E-state index is 12.2. The molecule has 118 valence electrons. The van der Waals surface area contributed by atoms with Gasteiger partial charge in [-0.2, -0.15) is 0 Å². The molecule has 1 aromatic carbocycles. The molecule has 0 saturated heterocycles. The van der Waals surface area contributed by atoms with Gasteiger partial charge < -0.3 is 5.32 Å². The fourth-order valence-electron chi connectivity index (χ4n) is 1.98. The number of carbonyl (C=O) groups excluding carboxylic acids is 1. The summed E-state index contributed by atoms with van der Waals surface area (Å²) < 4.78 is 23.2. The summed E-state index contributed by atoms with van der Waals surface area (Å²) >= 11 is 9.00. The number of benzene rings is 1. The van der Waals surface area contributed by atoms with Gasteiger partial charge in [-0.1, -0.05) is 25.4 Å². The number of rotatable bonds is 5. The van der Waals surface area contributed by atoms with Gasteiger partial charge in [-0.15, -0.1) is 0 Å². The molecule has 5 nitrogen and oxygen atoms in total. The molecule has 0 heterocycles. The molecule has 1 atom stereocenters. The maximum atomic E-state index is 12.2. The predicted molar refractivity (Wildman–Crippen MR) is 86.9 cm³/mol. The molecule has 1 rings (SSSR count). The molecule has 0 aromatic heterocycles. The normalized spacial score (nSPS) is 13.3. The molecular formula is C13H18BrClN2O3S. The average molecular weight is 398 g/mol. The van der Waals surface area contributed by atoms with E-state index in [0.29, 0.717) is 5.92 Å². The van der Waals surface area contributed by atoms with E-state index in [-0.39, 0.29) is 31.9 Å². The second-order valence-electron chi connectivity index (χ2n) is 5.32. The highest BCUT2D eigenvalue weighted by Crippen LogP contribution is 2.30. The van der Waals surface area contributed by atoms with Gasteiger partial charge in [0.2, 0.25) is 10.0 Å². The summed E-state index contributed by atoms with van der Waals surface area (Å²) in [6.45, 7) is 6.00. The monoisotopic (exact) mass is 396 g/mol. The van der Waals surface area contributed by atoms with Crippen molar-refractivity contribution in [2.45, 2.75) is 38.1 Å². The second kappa shape index (κ2) is 7.09. The molecule has 1 unspecified atom stereocenters. The third-order valence-electron chi connectivity index (χ3n) is 2.77. The van der Waals surface area contributed by atoms with Crippen LogP contribution in [0, 0.1) is 5.92 Å². The average Bonchev–Trinajstić information content (AvgIpc) is 2.29. The number of hydrogen-bond donors (Lipinski definition) is 2. The number of primary sulfonamides is 1. The van der Waals surface area contributed by atoms with Crippen LogP contribution in [-0.4, -0.2) is 20.4 Å². The highest BCUT2D eigenvalue weighted by molar-refractivity contribution is 9.10. The zero-order valence-corrected chi connectivity index (χ0v) is 15.1. The van der Waals surface area contributed by atoms with Crippen molar-refractivity contribution in [3.05, 3.63) is 27.2 Å². The van der Waals surface area contributed by atoms with Crippen LogP contribution in [0.3, 0.4) is 0 Å². The van der Waals surface area contributed by atoms with E-state index in [1.165, 1.54) is 12.1 Å². The number of nitrogens with one attached hydrogen (secondary N) is 1. The molecule has 0 saturated carbocycles. The molecule has 0 fully saturated rings. The van der Waals surface area contributed by atoms with E-state index in [1.54, 1.807) is 0 Å². The fourth-order valence-corrected chi connectivity index (χ4v) is 3.81. The number of hydrogen-bond acceptors (Lipinski definition) is 3. The molecule has 0 aliphatic heterocycles. The molecule has 0 aliphatic carbocycles. The van der Waals surface area contributed by atoms with E-state index < -0.39 is 10.0 Å². The van der Waals surface area contributed by atoms with Gasteiger partial charge in [-0.25, -0.2) is 13.6 Å². The third kappa shape index (κ3) is 5.25. The van der Waals surface area contributed by atoms with Crippen molar-refractivity contribution in [3.63, 3.8) is 0 Å². The quantitative estimate of drug-likeness (QED) is 0.800. The highest BCUT2D eigenvalue weighted by Gasteiger charge is 2.20. The fraction of sp³-hybridized carbons (Fsp3) is 0.462. The number of halogens is 2. The highest BCUT2D eigenvalue weighted by atomic mass is 79.9. The van der Waals surface area contributed by atoms with Crippen LogP contribution in [0.4, 0.5) is 0 Å². The van der Waals surface area contributed by atoms with E-state index in [0.717, 1.165) is 6.42 Å². The first-order valence-corrected chi connectivity index (χ1v) is 9.06. The Bertz CT molecular complexity index is 647. The first-order chi connectivity index (χ1) is 9.52. The van der Waals surface area contributed by atoms with Crippen molar-refractivity contribution in [3.8, 4) is 0 Å². The Balaban J connectivity index is 3.09. The molecule has 1 aromatic rings. The minimum Gasteiger partial charge on any atom is -0.350 e. The molecule has 3 N–H and O–H groups in total. The molecular weight excluding hydrogens is 380 g/mol. The molecule has 0 bridgehead atoms. The van der Waals surface area contributed by atoms with Gasteiger partial charge in [-0.05, 0) is 47.3 Å². The van der Waals surface area contributed by atoms with Gasteiger partial charge in [-0.3, -0.25) is 4.79 Å². The second-order valence-corrected chi connectivity index (χ2v) is 8.05.